The standard InChI is InChI=1S/C18H35BrO2/c1-3-20-18(21-4-2)16-14-12-10-8-6-5-7-9-11-13-15-17-19/h11,13,18H,3-10,12,14-17H2,1-2H3/b13-11-. The van der Waals surface area contributed by atoms with Crippen molar-refractivity contribution in [2.45, 2.75) is 84.3 Å². The molecule has 0 saturated carbocycles. The van der Waals surface area contributed by atoms with E-state index in [1.807, 2.05) is 13.8 Å². The van der Waals surface area contributed by atoms with E-state index in [9.17, 15) is 0 Å². The van der Waals surface area contributed by atoms with Gasteiger partial charge in [-0.3, -0.25) is 0 Å². The van der Waals surface area contributed by atoms with Gasteiger partial charge in [0.2, 0.25) is 0 Å². The first-order valence-electron chi connectivity index (χ1n) is 8.79. The number of hydrogen-bond donors (Lipinski definition) is 0. The molecule has 0 unspecified atom stereocenters. The van der Waals surface area contributed by atoms with Crippen LogP contribution in [0.5, 0.6) is 0 Å². The van der Waals surface area contributed by atoms with E-state index in [2.05, 4.69) is 28.1 Å². The molecular weight excluding hydrogens is 328 g/mol. The lowest BCUT2D eigenvalue weighted by Gasteiger charge is -2.16. The van der Waals surface area contributed by atoms with Crippen LogP contribution >= 0.6 is 15.9 Å². The van der Waals surface area contributed by atoms with Crippen molar-refractivity contribution in [1.29, 1.82) is 0 Å². The molecule has 0 saturated heterocycles. The molecule has 0 aliphatic carbocycles. The number of halogens is 1. The summed E-state index contributed by atoms with van der Waals surface area (Å²) < 4.78 is 11.1. The maximum Gasteiger partial charge on any atom is 0.157 e. The Labute approximate surface area is 140 Å². The van der Waals surface area contributed by atoms with Crippen LogP contribution in [-0.2, 0) is 9.47 Å². The summed E-state index contributed by atoms with van der Waals surface area (Å²) in [5.41, 5.74) is 0. The Hall–Kier alpha value is 0.140. The Kier molecular flexibility index (Phi) is 18.3. The molecule has 0 atom stereocenters. The van der Waals surface area contributed by atoms with Crippen LogP contribution in [-0.4, -0.2) is 24.8 Å². The minimum atomic E-state index is 0.0197. The number of hydrogen-bond acceptors (Lipinski definition) is 2. The molecule has 0 aromatic heterocycles. The fourth-order valence-corrected chi connectivity index (χ4v) is 2.61. The van der Waals surface area contributed by atoms with E-state index in [-0.39, 0.29) is 6.29 Å². The molecule has 2 nitrogen and oxygen atoms in total. The van der Waals surface area contributed by atoms with E-state index in [4.69, 9.17) is 9.47 Å². The van der Waals surface area contributed by atoms with Crippen LogP contribution in [0.1, 0.15) is 78.1 Å². The molecule has 0 spiro atoms. The van der Waals surface area contributed by atoms with E-state index >= 15 is 0 Å². The van der Waals surface area contributed by atoms with Gasteiger partial charge < -0.3 is 9.47 Å². The highest BCUT2D eigenvalue weighted by Crippen LogP contribution is 2.12. The summed E-state index contributed by atoms with van der Waals surface area (Å²) in [5.74, 6) is 0. The van der Waals surface area contributed by atoms with Crippen molar-refractivity contribution < 1.29 is 9.47 Å². The van der Waals surface area contributed by atoms with Gasteiger partial charge in [0.15, 0.2) is 6.29 Å². The Bertz CT molecular complexity index is 213. The maximum absolute atomic E-state index is 5.55. The summed E-state index contributed by atoms with van der Waals surface area (Å²) in [4.78, 5) is 0. The van der Waals surface area contributed by atoms with Crippen LogP contribution in [0.2, 0.25) is 0 Å². The van der Waals surface area contributed by atoms with Crippen LogP contribution in [0.3, 0.4) is 0 Å². The zero-order valence-corrected chi connectivity index (χ0v) is 15.7. The minimum Gasteiger partial charge on any atom is -0.353 e. The Morgan fingerprint density at radius 1 is 0.762 bits per heavy atom. The highest BCUT2D eigenvalue weighted by atomic mass is 79.9. The van der Waals surface area contributed by atoms with Gasteiger partial charge in [0.1, 0.15) is 0 Å². The molecule has 0 aliphatic rings. The van der Waals surface area contributed by atoms with E-state index in [0.717, 1.165) is 31.4 Å². The average Bonchev–Trinajstić information content (AvgIpc) is 2.48. The van der Waals surface area contributed by atoms with Crippen molar-refractivity contribution in [3.8, 4) is 0 Å². The number of unbranched alkanes of at least 4 members (excludes halogenated alkanes) is 7. The van der Waals surface area contributed by atoms with Gasteiger partial charge in [0, 0.05) is 18.5 Å². The van der Waals surface area contributed by atoms with E-state index < -0.39 is 0 Å². The number of ether oxygens (including phenoxy) is 2. The van der Waals surface area contributed by atoms with Crippen LogP contribution in [0.15, 0.2) is 12.2 Å². The van der Waals surface area contributed by atoms with Crippen molar-refractivity contribution in [2.24, 2.45) is 0 Å². The highest BCUT2D eigenvalue weighted by Gasteiger charge is 2.06. The van der Waals surface area contributed by atoms with Gasteiger partial charge in [0.25, 0.3) is 0 Å². The zero-order chi connectivity index (χ0) is 15.6. The fourth-order valence-electron chi connectivity index (χ4n) is 2.34. The van der Waals surface area contributed by atoms with Crippen molar-refractivity contribution in [1.82, 2.24) is 0 Å². The first kappa shape index (κ1) is 21.1. The minimum absolute atomic E-state index is 0.0197. The Morgan fingerprint density at radius 3 is 1.86 bits per heavy atom. The number of rotatable bonds is 16. The molecular formula is C18H35BrO2. The second-order valence-electron chi connectivity index (χ2n) is 5.34. The third-order valence-electron chi connectivity index (χ3n) is 3.46. The lowest BCUT2D eigenvalue weighted by atomic mass is 10.1. The van der Waals surface area contributed by atoms with Crippen LogP contribution in [0.4, 0.5) is 0 Å². The lowest BCUT2D eigenvalue weighted by molar-refractivity contribution is -0.140. The maximum atomic E-state index is 5.55. The van der Waals surface area contributed by atoms with Crippen molar-refractivity contribution in [3.63, 3.8) is 0 Å². The molecule has 0 N–H and O–H groups in total. The molecule has 0 fully saturated rings. The van der Waals surface area contributed by atoms with E-state index in [1.54, 1.807) is 0 Å². The molecule has 0 aromatic rings. The van der Waals surface area contributed by atoms with Crippen LogP contribution in [0.25, 0.3) is 0 Å². The Balaban J connectivity index is 3.24. The topological polar surface area (TPSA) is 18.5 Å². The van der Waals surface area contributed by atoms with Gasteiger partial charge in [-0.1, -0.05) is 60.2 Å². The predicted molar refractivity (Wildman–Crippen MR) is 96.1 cm³/mol. The third kappa shape index (κ3) is 16.3. The molecule has 126 valence electrons. The molecule has 0 heterocycles. The summed E-state index contributed by atoms with van der Waals surface area (Å²) in [6, 6.07) is 0. The predicted octanol–water partition coefficient (Wildman–Crippen LogP) is 6.24. The zero-order valence-electron chi connectivity index (χ0n) is 14.1. The van der Waals surface area contributed by atoms with Crippen molar-refractivity contribution in [2.75, 3.05) is 18.5 Å². The molecule has 0 radical (unpaired) electrons. The summed E-state index contributed by atoms with van der Waals surface area (Å²) in [7, 11) is 0. The lowest BCUT2D eigenvalue weighted by Crippen LogP contribution is -2.17. The molecule has 21 heavy (non-hydrogen) atoms. The normalized spacial score (nSPS) is 11.8. The monoisotopic (exact) mass is 362 g/mol. The van der Waals surface area contributed by atoms with E-state index in [1.165, 1.54) is 51.4 Å². The molecule has 0 bridgehead atoms. The van der Waals surface area contributed by atoms with Crippen molar-refractivity contribution >= 4 is 15.9 Å². The van der Waals surface area contributed by atoms with Gasteiger partial charge in [-0.15, -0.1) is 0 Å². The SMILES string of the molecule is CCOC(CCCCCCCCC/C=C\CCBr)OCC. The second kappa shape index (κ2) is 18.2. The second-order valence-corrected chi connectivity index (χ2v) is 6.13. The van der Waals surface area contributed by atoms with Crippen LogP contribution < -0.4 is 0 Å². The number of allylic oxidation sites excluding steroid dienone is 2. The summed E-state index contributed by atoms with van der Waals surface area (Å²) >= 11 is 3.43. The molecule has 3 heteroatoms. The molecule has 0 rings (SSSR count). The highest BCUT2D eigenvalue weighted by molar-refractivity contribution is 9.09. The van der Waals surface area contributed by atoms with Gasteiger partial charge in [-0.2, -0.15) is 0 Å². The molecule has 0 aliphatic heterocycles. The van der Waals surface area contributed by atoms with Gasteiger partial charge in [0.05, 0.1) is 0 Å². The quantitative estimate of drug-likeness (QED) is 0.140. The first-order chi connectivity index (χ1) is 10.3. The largest absolute Gasteiger partial charge is 0.353 e. The third-order valence-corrected chi connectivity index (χ3v) is 3.92. The number of alkyl halides is 1. The van der Waals surface area contributed by atoms with Crippen LogP contribution in [0, 0.1) is 0 Å². The Morgan fingerprint density at radius 2 is 1.29 bits per heavy atom. The first-order valence-corrected chi connectivity index (χ1v) is 9.91. The van der Waals surface area contributed by atoms with Gasteiger partial charge >= 0.3 is 0 Å². The van der Waals surface area contributed by atoms with Gasteiger partial charge in [-0.05, 0) is 46.0 Å². The summed E-state index contributed by atoms with van der Waals surface area (Å²) in [5, 5.41) is 1.08. The van der Waals surface area contributed by atoms with Gasteiger partial charge in [-0.25, -0.2) is 0 Å². The van der Waals surface area contributed by atoms with Crippen molar-refractivity contribution in [3.05, 3.63) is 12.2 Å². The smallest absolute Gasteiger partial charge is 0.157 e. The fraction of sp³-hybridized carbons (Fsp3) is 0.889. The summed E-state index contributed by atoms with van der Waals surface area (Å²) in [6.45, 7) is 5.55. The molecule has 0 amide bonds. The molecule has 0 aromatic carbocycles. The average molecular weight is 363 g/mol. The van der Waals surface area contributed by atoms with E-state index in [0.29, 0.717) is 0 Å². The summed E-state index contributed by atoms with van der Waals surface area (Å²) in [6.07, 6.45) is 17.4.